The fourth-order valence-corrected chi connectivity index (χ4v) is 4.71. The van der Waals surface area contributed by atoms with E-state index < -0.39 is 0 Å². The van der Waals surface area contributed by atoms with Crippen molar-refractivity contribution in [2.75, 3.05) is 13.7 Å². The van der Waals surface area contributed by atoms with Gasteiger partial charge in [-0.05, 0) is 38.3 Å². The molecule has 3 saturated carbocycles. The van der Waals surface area contributed by atoms with Crippen molar-refractivity contribution in [3.05, 3.63) is 59.5 Å². The SMILES string of the molecule is C[C@@H](c1ccccc1F)N(C)C(=O)C12CC(COc3ccc(C#N)cn3)(C1)C2. The predicted molar refractivity (Wildman–Crippen MR) is 101 cm³/mol. The minimum atomic E-state index is -0.324. The summed E-state index contributed by atoms with van der Waals surface area (Å²) in [6.45, 7) is 2.38. The molecule has 0 unspecified atom stereocenters. The zero-order chi connectivity index (χ0) is 19.9. The van der Waals surface area contributed by atoms with Gasteiger partial charge in [0.2, 0.25) is 11.8 Å². The smallest absolute Gasteiger partial charge is 0.229 e. The number of pyridine rings is 1. The van der Waals surface area contributed by atoms with E-state index in [4.69, 9.17) is 10.00 Å². The molecule has 5 rings (SSSR count). The Kier molecular flexibility index (Phi) is 4.34. The Morgan fingerprint density at radius 3 is 2.64 bits per heavy atom. The molecule has 1 atom stereocenters. The monoisotopic (exact) mass is 379 g/mol. The Morgan fingerprint density at radius 1 is 1.32 bits per heavy atom. The second-order valence-corrected chi connectivity index (χ2v) is 8.21. The summed E-state index contributed by atoms with van der Waals surface area (Å²) in [6, 6.07) is 11.7. The lowest BCUT2D eigenvalue weighted by Gasteiger charge is -2.69. The first-order valence-electron chi connectivity index (χ1n) is 9.39. The number of aromatic nitrogens is 1. The van der Waals surface area contributed by atoms with E-state index in [0.29, 0.717) is 23.6 Å². The highest BCUT2D eigenvalue weighted by Gasteiger charge is 2.72. The summed E-state index contributed by atoms with van der Waals surface area (Å²) in [4.78, 5) is 18.8. The summed E-state index contributed by atoms with van der Waals surface area (Å²) in [5, 5.41) is 8.81. The zero-order valence-electron chi connectivity index (χ0n) is 16.0. The molecule has 6 heteroatoms. The van der Waals surface area contributed by atoms with E-state index in [-0.39, 0.29) is 28.6 Å². The molecule has 0 saturated heterocycles. The third kappa shape index (κ3) is 2.91. The minimum absolute atomic E-state index is 0.0350. The second-order valence-electron chi connectivity index (χ2n) is 8.21. The van der Waals surface area contributed by atoms with Crippen LogP contribution in [0.15, 0.2) is 42.6 Å². The van der Waals surface area contributed by atoms with Crippen molar-refractivity contribution >= 4 is 5.91 Å². The van der Waals surface area contributed by atoms with Gasteiger partial charge in [0.25, 0.3) is 0 Å². The van der Waals surface area contributed by atoms with E-state index in [2.05, 4.69) is 4.98 Å². The number of carbonyl (C=O) groups excluding carboxylic acids is 1. The van der Waals surface area contributed by atoms with Crippen LogP contribution >= 0.6 is 0 Å². The molecule has 3 aliphatic rings. The van der Waals surface area contributed by atoms with Crippen molar-refractivity contribution in [3.8, 4) is 11.9 Å². The van der Waals surface area contributed by atoms with Crippen LogP contribution in [-0.4, -0.2) is 29.4 Å². The molecule has 2 aromatic rings. The molecule has 2 bridgehead atoms. The number of benzene rings is 1. The van der Waals surface area contributed by atoms with Gasteiger partial charge in [-0.1, -0.05) is 18.2 Å². The molecule has 28 heavy (non-hydrogen) atoms. The summed E-state index contributed by atoms with van der Waals surface area (Å²) in [7, 11) is 1.75. The molecule has 3 aliphatic carbocycles. The van der Waals surface area contributed by atoms with E-state index in [1.54, 1.807) is 42.3 Å². The number of halogens is 1. The third-order valence-electron chi connectivity index (χ3n) is 6.24. The average Bonchev–Trinajstić information content (AvgIpc) is 2.65. The minimum Gasteiger partial charge on any atom is -0.477 e. The van der Waals surface area contributed by atoms with Gasteiger partial charge in [-0.2, -0.15) is 5.26 Å². The largest absolute Gasteiger partial charge is 0.477 e. The van der Waals surface area contributed by atoms with Gasteiger partial charge < -0.3 is 9.64 Å². The maximum Gasteiger partial charge on any atom is 0.229 e. The molecule has 0 spiro atoms. The lowest BCUT2D eigenvalue weighted by Crippen LogP contribution is -2.69. The third-order valence-corrected chi connectivity index (χ3v) is 6.24. The molecule has 1 amide bonds. The zero-order valence-corrected chi connectivity index (χ0v) is 16.0. The van der Waals surface area contributed by atoms with Gasteiger partial charge in [0.15, 0.2) is 0 Å². The second kappa shape index (κ2) is 6.59. The maximum atomic E-state index is 14.1. The van der Waals surface area contributed by atoms with Gasteiger partial charge in [-0.3, -0.25) is 4.79 Å². The molecular formula is C22H22FN3O2. The van der Waals surface area contributed by atoms with Crippen LogP contribution in [0, 0.1) is 28.0 Å². The fraction of sp³-hybridized carbons (Fsp3) is 0.409. The van der Waals surface area contributed by atoms with Gasteiger partial charge in [0.1, 0.15) is 11.9 Å². The molecule has 3 fully saturated rings. The van der Waals surface area contributed by atoms with Gasteiger partial charge >= 0.3 is 0 Å². The molecular weight excluding hydrogens is 357 g/mol. The van der Waals surface area contributed by atoms with Crippen molar-refractivity contribution in [2.24, 2.45) is 10.8 Å². The van der Waals surface area contributed by atoms with E-state index in [0.717, 1.165) is 19.3 Å². The van der Waals surface area contributed by atoms with Crippen LogP contribution < -0.4 is 4.74 Å². The number of rotatable bonds is 6. The average molecular weight is 379 g/mol. The van der Waals surface area contributed by atoms with E-state index in [1.807, 2.05) is 13.0 Å². The topological polar surface area (TPSA) is 66.2 Å². The van der Waals surface area contributed by atoms with Crippen molar-refractivity contribution in [1.29, 1.82) is 5.26 Å². The number of ether oxygens (including phenoxy) is 1. The number of carbonyl (C=O) groups is 1. The van der Waals surface area contributed by atoms with Crippen LogP contribution in [0.5, 0.6) is 5.88 Å². The van der Waals surface area contributed by atoms with Crippen molar-refractivity contribution < 1.29 is 13.9 Å². The number of nitrogens with zero attached hydrogens (tertiary/aromatic N) is 3. The molecule has 0 aliphatic heterocycles. The van der Waals surface area contributed by atoms with E-state index in [1.165, 1.54) is 12.3 Å². The van der Waals surface area contributed by atoms with Crippen molar-refractivity contribution in [1.82, 2.24) is 9.88 Å². The highest BCUT2D eigenvalue weighted by atomic mass is 19.1. The Hall–Kier alpha value is -2.94. The van der Waals surface area contributed by atoms with Crippen LogP contribution in [0.4, 0.5) is 4.39 Å². The summed E-state index contributed by atoms with van der Waals surface area (Å²) in [5.41, 5.74) is 0.743. The van der Waals surface area contributed by atoms with E-state index in [9.17, 15) is 9.18 Å². The lowest BCUT2D eigenvalue weighted by molar-refractivity contribution is -0.226. The Balaban J connectivity index is 1.33. The van der Waals surface area contributed by atoms with Gasteiger partial charge in [0.05, 0.1) is 23.6 Å². The summed E-state index contributed by atoms with van der Waals surface area (Å²) < 4.78 is 19.8. The Morgan fingerprint density at radius 2 is 2.04 bits per heavy atom. The summed E-state index contributed by atoms with van der Waals surface area (Å²) in [6.07, 6.45) is 3.87. The first-order chi connectivity index (χ1) is 13.4. The Bertz CT molecular complexity index is 931. The lowest BCUT2D eigenvalue weighted by atomic mass is 9.35. The number of amides is 1. The molecule has 5 nitrogen and oxygen atoms in total. The molecule has 1 aromatic heterocycles. The first kappa shape index (κ1) is 18.4. The van der Waals surface area contributed by atoms with Crippen LogP contribution in [0.3, 0.4) is 0 Å². The van der Waals surface area contributed by atoms with E-state index >= 15 is 0 Å². The van der Waals surface area contributed by atoms with Crippen LogP contribution in [-0.2, 0) is 4.79 Å². The predicted octanol–water partition coefficient (Wildman–Crippen LogP) is 3.86. The van der Waals surface area contributed by atoms with Crippen LogP contribution in [0.1, 0.15) is 43.4 Å². The molecule has 1 aromatic carbocycles. The highest BCUT2D eigenvalue weighted by molar-refractivity contribution is 5.86. The number of hydrogen-bond donors (Lipinski definition) is 0. The highest BCUT2D eigenvalue weighted by Crippen LogP contribution is 2.73. The van der Waals surface area contributed by atoms with Crippen LogP contribution in [0.2, 0.25) is 0 Å². The summed E-state index contributed by atoms with van der Waals surface area (Å²) >= 11 is 0. The molecule has 1 heterocycles. The van der Waals surface area contributed by atoms with Crippen molar-refractivity contribution in [2.45, 2.75) is 32.2 Å². The standard InChI is InChI=1S/C22H22FN3O2/c1-15(17-5-3-4-6-18(17)23)26(2)20(27)22-11-21(12-22,13-22)14-28-19-8-7-16(9-24)10-25-19/h3-8,10,15H,11-14H2,1-2H3/t15-,21?,22?/m0/s1. The number of nitriles is 1. The molecule has 0 radical (unpaired) electrons. The number of hydrogen-bond acceptors (Lipinski definition) is 4. The van der Waals surface area contributed by atoms with Gasteiger partial charge in [0, 0.05) is 30.3 Å². The molecule has 0 N–H and O–H groups in total. The van der Waals surface area contributed by atoms with Crippen LogP contribution in [0.25, 0.3) is 0 Å². The normalized spacial score (nSPS) is 25.6. The van der Waals surface area contributed by atoms with Gasteiger partial charge in [-0.15, -0.1) is 0 Å². The maximum absolute atomic E-state index is 14.1. The first-order valence-corrected chi connectivity index (χ1v) is 9.39. The van der Waals surface area contributed by atoms with Gasteiger partial charge in [-0.25, -0.2) is 9.37 Å². The quantitative estimate of drug-likeness (QED) is 0.764. The summed E-state index contributed by atoms with van der Waals surface area (Å²) in [5.74, 6) is 0.294. The van der Waals surface area contributed by atoms with Crippen molar-refractivity contribution in [3.63, 3.8) is 0 Å². The molecule has 144 valence electrons. The fourth-order valence-electron chi connectivity index (χ4n) is 4.71. The Labute approximate surface area is 163 Å².